The Bertz CT molecular complexity index is 1090. The fourth-order valence-electron chi connectivity index (χ4n) is 3.69. The molecule has 1 aliphatic rings. The third-order valence-corrected chi connectivity index (χ3v) is 5.18. The summed E-state index contributed by atoms with van der Waals surface area (Å²) in [4.78, 5) is 4.27. The summed E-state index contributed by atoms with van der Waals surface area (Å²) in [6, 6.07) is 26.6. The van der Waals surface area contributed by atoms with Crippen molar-refractivity contribution in [3.63, 3.8) is 0 Å². The fraction of sp³-hybridized carbons (Fsp3) is 0.130. The van der Waals surface area contributed by atoms with Crippen molar-refractivity contribution >= 4 is 17.1 Å². The van der Waals surface area contributed by atoms with Gasteiger partial charge < -0.3 is 9.80 Å². The highest BCUT2D eigenvalue weighted by Crippen LogP contribution is 2.46. The normalized spacial score (nSPS) is 15.2. The zero-order chi connectivity index (χ0) is 19.0. The highest BCUT2D eigenvalue weighted by molar-refractivity contribution is 5.90. The first kappa shape index (κ1) is 16.7. The van der Waals surface area contributed by atoms with Crippen LogP contribution in [0.15, 0.2) is 66.7 Å². The van der Waals surface area contributed by atoms with Gasteiger partial charge in [-0.2, -0.15) is 10.5 Å². The van der Waals surface area contributed by atoms with Gasteiger partial charge in [-0.1, -0.05) is 42.5 Å². The molecule has 27 heavy (non-hydrogen) atoms. The van der Waals surface area contributed by atoms with Crippen LogP contribution in [-0.4, -0.2) is 13.2 Å². The molecule has 0 saturated carbocycles. The van der Waals surface area contributed by atoms with E-state index in [4.69, 9.17) is 0 Å². The average molecular weight is 350 g/mol. The Morgan fingerprint density at radius 1 is 0.852 bits per heavy atom. The smallest absolute Gasteiger partial charge is 0.103 e. The second-order valence-electron chi connectivity index (χ2n) is 6.61. The van der Waals surface area contributed by atoms with E-state index >= 15 is 0 Å². The molecule has 4 nitrogen and oxygen atoms in total. The molecule has 0 N–H and O–H groups in total. The molecule has 0 amide bonds. The quantitative estimate of drug-likeness (QED) is 0.650. The molecule has 4 rings (SSSR count). The Labute approximate surface area is 159 Å². The minimum absolute atomic E-state index is 0.0343. The molecule has 1 atom stereocenters. The van der Waals surface area contributed by atoms with Crippen LogP contribution < -0.4 is 9.80 Å². The minimum Gasteiger partial charge on any atom is -0.352 e. The first-order chi connectivity index (χ1) is 13.2. The minimum atomic E-state index is 0.0343. The zero-order valence-electron chi connectivity index (χ0n) is 15.2. The maximum atomic E-state index is 9.74. The summed E-state index contributed by atoms with van der Waals surface area (Å²) >= 11 is 0. The molecule has 1 heterocycles. The van der Waals surface area contributed by atoms with Crippen molar-refractivity contribution in [2.24, 2.45) is 0 Å². The second kappa shape index (κ2) is 6.52. The highest BCUT2D eigenvalue weighted by Gasteiger charge is 2.35. The SMILES string of the molecule is C[C@H]1N(C)c2ccc(C#N)c(C#N)c2N1c1cccc(-c2ccccc2)c1. The van der Waals surface area contributed by atoms with Crippen LogP contribution in [0.2, 0.25) is 0 Å². The molecule has 0 saturated heterocycles. The third-order valence-electron chi connectivity index (χ3n) is 5.18. The van der Waals surface area contributed by atoms with E-state index in [9.17, 15) is 10.5 Å². The lowest BCUT2D eigenvalue weighted by Crippen LogP contribution is -2.35. The molecule has 0 fully saturated rings. The third kappa shape index (κ3) is 2.60. The van der Waals surface area contributed by atoms with Crippen LogP contribution in [0.3, 0.4) is 0 Å². The lowest BCUT2D eigenvalue weighted by atomic mass is 10.0. The number of nitriles is 2. The van der Waals surface area contributed by atoms with Gasteiger partial charge in [0.2, 0.25) is 0 Å². The average Bonchev–Trinajstić information content (AvgIpc) is 2.98. The molecule has 0 radical (unpaired) electrons. The molecule has 0 aromatic heterocycles. The Morgan fingerprint density at radius 3 is 2.30 bits per heavy atom. The van der Waals surface area contributed by atoms with Gasteiger partial charge in [-0.3, -0.25) is 0 Å². The van der Waals surface area contributed by atoms with Gasteiger partial charge >= 0.3 is 0 Å². The van der Waals surface area contributed by atoms with Gasteiger partial charge in [0, 0.05) is 12.7 Å². The van der Waals surface area contributed by atoms with E-state index in [0.717, 1.165) is 28.2 Å². The van der Waals surface area contributed by atoms with Crippen molar-refractivity contribution in [1.29, 1.82) is 10.5 Å². The highest BCUT2D eigenvalue weighted by atomic mass is 15.4. The Hall–Kier alpha value is -3.76. The van der Waals surface area contributed by atoms with Crippen LogP contribution >= 0.6 is 0 Å². The monoisotopic (exact) mass is 350 g/mol. The van der Waals surface area contributed by atoms with Crippen LogP contribution in [0.1, 0.15) is 18.1 Å². The van der Waals surface area contributed by atoms with Gasteiger partial charge in [0.1, 0.15) is 18.3 Å². The first-order valence-electron chi connectivity index (χ1n) is 8.80. The van der Waals surface area contributed by atoms with E-state index in [1.807, 2.05) is 43.4 Å². The van der Waals surface area contributed by atoms with Gasteiger partial charge in [0.05, 0.1) is 22.5 Å². The van der Waals surface area contributed by atoms with Gasteiger partial charge in [0.15, 0.2) is 0 Å². The number of nitrogens with zero attached hydrogens (tertiary/aromatic N) is 4. The van der Waals surface area contributed by atoms with Gasteiger partial charge in [-0.15, -0.1) is 0 Å². The molecule has 3 aromatic rings. The van der Waals surface area contributed by atoms with Crippen LogP contribution in [0.4, 0.5) is 17.1 Å². The predicted octanol–water partition coefficient (Wildman–Crippen LogP) is 5.03. The number of benzene rings is 3. The van der Waals surface area contributed by atoms with E-state index in [1.54, 1.807) is 6.07 Å². The van der Waals surface area contributed by atoms with Crippen LogP contribution in [0.5, 0.6) is 0 Å². The molecule has 0 spiro atoms. The lowest BCUT2D eigenvalue weighted by molar-refractivity contribution is 0.734. The molecule has 130 valence electrons. The van der Waals surface area contributed by atoms with Crippen LogP contribution in [-0.2, 0) is 0 Å². The van der Waals surface area contributed by atoms with E-state index < -0.39 is 0 Å². The van der Waals surface area contributed by atoms with Crippen molar-refractivity contribution in [1.82, 2.24) is 0 Å². The zero-order valence-corrected chi connectivity index (χ0v) is 15.2. The largest absolute Gasteiger partial charge is 0.352 e. The maximum absolute atomic E-state index is 9.74. The summed E-state index contributed by atoms with van der Waals surface area (Å²) in [7, 11) is 2.01. The predicted molar refractivity (Wildman–Crippen MR) is 108 cm³/mol. The number of anilines is 3. The van der Waals surface area contributed by atoms with Crippen molar-refractivity contribution in [2.45, 2.75) is 13.1 Å². The van der Waals surface area contributed by atoms with E-state index in [-0.39, 0.29) is 6.17 Å². The van der Waals surface area contributed by atoms with Crippen LogP contribution in [0, 0.1) is 22.7 Å². The maximum Gasteiger partial charge on any atom is 0.103 e. The summed E-state index contributed by atoms with van der Waals surface area (Å²) in [5.41, 5.74) is 5.86. The van der Waals surface area contributed by atoms with Crippen molar-refractivity contribution < 1.29 is 0 Å². The first-order valence-corrected chi connectivity index (χ1v) is 8.80. The summed E-state index contributed by atoms with van der Waals surface area (Å²) in [6.07, 6.45) is 0.0343. The summed E-state index contributed by atoms with van der Waals surface area (Å²) in [5, 5.41) is 19.2. The number of hydrogen-bond donors (Lipinski definition) is 0. The van der Waals surface area contributed by atoms with E-state index in [1.165, 1.54) is 0 Å². The van der Waals surface area contributed by atoms with Crippen molar-refractivity contribution in [3.05, 3.63) is 77.9 Å². The fourth-order valence-corrected chi connectivity index (χ4v) is 3.69. The van der Waals surface area contributed by atoms with Gasteiger partial charge in [0.25, 0.3) is 0 Å². The Kier molecular flexibility index (Phi) is 4.03. The summed E-state index contributed by atoms with van der Waals surface area (Å²) in [5.74, 6) is 0. The molecule has 4 heteroatoms. The van der Waals surface area contributed by atoms with Gasteiger partial charge in [-0.05, 0) is 42.3 Å². The molecule has 0 aliphatic carbocycles. The lowest BCUT2D eigenvalue weighted by Gasteiger charge is -2.28. The van der Waals surface area contributed by atoms with Gasteiger partial charge in [-0.25, -0.2) is 0 Å². The van der Waals surface area contributed by atoms with E-state index in [0.29, 0.717) is 11.1 Å². The Balaban J connectivity index is 1.90. The summed E-state index contributed by atoms with van der Waals surface area (Å²) in [6.45, 7) is 2.10. The van der Waals surface area contributed by atoms with E-state index in [2.05, 4.69) is 53.1 Å². The topological polar surface area (TPSA) is 54.1 Å². The van der Waals surface area contributed by atoms with Crippen molar-refractivity contribution in [3.8, 4) is 23.3 Å². The molecule has 0 unspecified atom stereocenters. The number of rotatable bonds is 2. The number of hydrogen-bond acceptors (Lipinski definition) is 4. The number of fused-ring (bicyclic) bond motifs is 1. The molecular formula is C23H18N4. The molecule has 0 bridgehead atoms. The summed E-state index contributed by atoms with van der Waals surface area (Å²) < 4.78 is 0. The molecular weight excluding hydrogens is 332 g/mol. The second-order valence-corrected chi connectivity index (χ2v) is 6.61. The van der Waals surface area contributed by atoms with Crippen molar-refractivity contribution in [2.75, 3.05) is 16.8 Å². The standard InChI is InChI=1S/C23H18N4/c1-16-26(2)22-12-11-19(14-24)21(15-25)23(22)27(16)20-10-6-9-18(13-20)17-7-4-3-5-8-17/h3-13,16H,1-2H3/t16-/m0/s1. The molecule has 1 aliphatic heterocycles. The van der Waals surface area contributed by atoms with Crippen LogP contribution in [0.25, 0.3) is 11.1 Å². The Morgan fingerprint density at radius 2 is 1.59 bits per heavy atom. The molecule has 3 aromatic carbocycles.